The summed E-state index contributed by atoms with van der Waals surface area (Å²) in [5, 5.41) is 132. The minimum Gasteiger partial charge on any atom is -0.508 e. The van der Waals surface area contributed by atoms with Crippen LogP contribution in [0.1, 0.15) is 94.4 Å². The molecule has 0 radical (unpaired) electrons. The molecule has 1 aliphatic carbocycles. The van der Waals surface area contributed by atoms with Crippen LogP contribution in [0.5, 0.6) is 92.0 Å². The summed E-state index contributed by atoms with van der Waals surface area (Å²) in [5.41, 5.74) is 2.70. The smallest absolute Gasteiger partial charge is 0.135 e. The molecule has 0 saturated heterocycles. The highest BCUT2D eigenvalue weighted by Crippen LogP contribution is 2.52. The van der Waals surface area contributed by atoms with E-state index in [1.165, 1.54) is 66.7 Å². The Balaban J connectivity index is 1.05. The lowest BCUT2D eigenvalue weighted by molar-refractivity contribution is 0.317. The van der Waals surface area contributed by atoms with Crippen LogP contribution in [0.3, 0.4) is 0 Å². The van der Waals surface area contributed by atoms with Crippen LogP contribution >= 0.6 is 0 Å². The predicted octanol–water partition coefficient (Wildman–Crippen LogP) is 13.0. The Morgan fingerprint density at radius 1 is 0.347 bits per heavy atom. The van der Waals surface area contributed by atoms with Crippen LogP contribution in [0, 0.1) is 5.92 Å². The monoisotopic (exact) mass is 1010 g/mol. The van der Waals surface area contributed by atoms with Gasteiger partial charge in [0.15, 0.2) is 0 Å². The molecule has 0 aliphatic heterocycles. The summed E-state index contributed by atoms with van der Waals surface area (Å²) in [6.07, 6.45) is 4.97. The third-order valence-electron chi connectivity index (χ3n) is 14.1. The van der Waals surface area contributed by atoms with Gasteiger partial charge in [0.25, 0.3) is 0 Å². The molecule has 1 aliphatic rings. The molecule has 0 aromatic heterocycles. The molecular weight excluding hydrogens is 957 g/mol. The summed E-state index contributed by atoms with van der Waals surface area (Å²) in [7, 11) is 0. The van der Waals surface area contributed by atoms with Crippen LogP contribution in [0.2, 0.25) is 0 Å². The minimum absolute atomic E-state index is 0.0219. The lowest BCUT2D eigenvalue weighted by atomic mass is 9.73. The Kier molecular flexibility index (Phi) is 13.2. The maximum atomic E-state index is 11.7. The second-order valence-corrected chi connectivity index (χ2v) is 19.0. The highest BCUT2D eigenvalue weighted by molar-refractivity contribution is 5.89. The third-order valence-corrected chi connectivity index (χ3v) is 14.1. The first-order valence-electron chi connectivity index (χ1n) is 24.3. The van der Waals surface area contributed by atoms with Crippen molar-refractivity contribution < 1.29 is 70.8 Å². The van der Waals surface area contributed by atoms with Gasteiger partial charge in [-0.1, -0.05) is 86.0 Å². The van der Waals surface area contributed by atoms with Crippen LogP contribution in [-0.2, 0) is 0 Å². The second kappa shape index (κ2) is 20.2. The number of aromatic hydroxyl groups is 12. The maximum absolute atomic E-state index is 11.7. The fourth-order valence-corrected chi connectivity index (χ4v) is 10.7. The molecule has 1 saturated carbocycles. The number of phenolic OH excluding ortho intramolecular Hbond substituents is 12. The van der Waals surface area contributed by atoms with E-state index in [-0.39, 0.29) is 86.0 Å². The van der Waals surface area contributed by atoms with Crippen LogP contribution in [0.4, 0.5) is 0 Å². The maximum Gasteiger partial charge on any atom is 0.135 e. The van der Waals surface area contributed by atoms with Crippen molar-refractivity contribution in [3.05, 3.63) is 202 Å². The van der Waals surface area contributed by atoms with Gasteiger partial charge in [0.2, 0.25) is 0 Å². The number of hydrogen-bond donors (Lipinski definition) is 12. The largest absolute Gasteiger partial charge is 0.508 e. The highest BCUT2D eigenvalue weighted by Gasteiger charge is 2.33. The molecule has 380 valence electrons. The van der Waals surface area contributed by atoms with E-state index in [0.717, 1.165) is 49.8 Å². The molecule has 75 heavy (non-hydrogen) atoms. The van der Waals surface area contributed by atoms with Crippen LogP contribution < -0.4 is 9.47 Å². The summed E-state index contributed by atoms with van der Waals surface area (Å²) in [6, 6.07) is 39.0. The van der Waals surface area contributed by atoms with Crippen molar-refractivity contribution in [1.82, 2.24) is 0 Å². The first-order chi connectivity index (χ1) is 36.1. The van der Waals surface area contributed by atoms with E-state index in [2.05, 4.69) is 0 Å². The molecule has 0 amide bonds. The molecule has 9 aromatic carbocycles. The van der Waals surface area contributed by atoms with Gasteiger partial charge in [0, 0.05) is 111 Å². The number of ether oxygens (including phenoxy) is 2. The Morgan fingerprint density at radius 3 is 1.32 bits per heavy atom. The van der Waals surface area contributed by atoms with Gasteiger partial charge in [-0.25, -0.2) is 0 Å². The summed E-state index contributed by atoms with van der Waals surface area (Å²) >= 11 is 0. The Bertz CT molecular complexity index is 3550. The number of hydrogen-bond acceptors (Lipinski definition) is 14. The molecule has 0 heterocycles. The van der Waals surface area contributed by atoms with Crippen LogP contribution in [-0.4, -0.2) is 61.3 Å². The average Bonchev–Trinajstić information content (AvgIpc) is 3.36. The van der Waals surface area contributed by atoms with Gasteiger partial charge in [0.1, 0.15) is 92.0 Å². The predicted molar refractivity (Wildman–Crippen MR) is 279 cm³/mol. The zero-order valence-corrected chi connectivity index (χ0v) is 40.0. The van der Waals surface area contributed by atoms with E-state index < -0.39 is 34.8 Å². The van der Waals surface area contributed by atoms with E-state index in [9.17, 15) is 61.3 Å². The number of fused-ring (bicyclic) bond motifs is 1. The van der Waals surface area contributed by atoms with Crippen molar-refractivity contribution in [2.45, 2.75) is 49.9 Å². The lowest BCUT2D eigenvalue weighted by Crippen LogP contribution is -2.18. The Hall–Kier alpha value is -9.56. The van der Waals surface area contributed by atoms with E-state index in [0.29, 0.717) is 44.5 Å². The second-order valence-electron chi connectivity index (χ2n) is 19.0. The number of benzene rings is 9. The SMILES string of the molecule is Oc1ccc(C(c2ccc3c(Oc4cc(O)ccc4C(c4ccc(O)cc4O)C4CCCCC4)cccc3c2)c2ccc(O)cc2Oc2cc(O)c(C(c3ccc(O)cc3O)c3ccc(O)cc3O)c(O)c2)c(O)c1. The van der Waals surface area contributed by atoms with E-state index in [1.54, 1.807) is 42.5 Å². The van der Waals surface area contributed by atoms with Crippen molar-refractivity contribution in [3.8, 4) is 92.0 Å². The minimum atomic E-state index is -1.25. The molecule has 14 heteroatoms. The van der Waals surface area contributed by atoms with Gasteiger partial charge in [-0.2, -0.15) is 0 Å². The van der Waals surface area contributed by atoms with E-state index in [4.69, 9.17) is 9.47 Å². The van der Waals surface area contributed by atoms with Crippen molar-refractivity contribution in [2.24, 2.45) is 5.92 Å². The highest BCUT2D eigenvalue weighted by atomic mass is 16.5. The summed E-state index contributed by atoms with van der Waals surface area (Å²) in [4.78, 5) is 0. The van der Waals surface area contributed by atoms with Gasteiger partial charge in [-0.3, -0.25) is 0 Å². The van der Waals surface area contributed by atoms with Gasteiger partial charge in [-0.05, 0) is 72.2 Å². The standard InChI is InChI=1S/C61H52O14/c62-35-10-17-43(49(68)24-35)58(32-5-2-1-3-6-32)48-22-15-40(67)29-57(48)75-55-8-4-7-33-23-34(9-16-42(33)55)59(44-18-11-36(63)25-50(44)69)47-21-14-39(66)28-56(47)74-41-30-53(72)61(54(73)31-41)60(45-19-12-37(64)26-51(45)70)46-20-13-38(65)27-52(46)71/h4,7-32,58-60,62-73H,1-3,5-6H2. The molecule has 1 fully saturated rings. The number of phenols is 12. The topological polar surface area (TPSA) is 261 Å². The van der Waals surface area contributed by atoms with Gasteiger partial charge in [0.05, 0.1) is 0 Å². The molecule has 2 unspecified atom stereocenters. The van der Waals surface area contributed by atoms with Gasteiger partial charge < -0.3 is 70.8 Å². The van der Waals surface area contributed by atoms with Crippen LogP contribution in [0.15, 0.2) is 158 Å². The fraction of sp³-hybridized carbons (Fsp3) is 0.148. The lowest BCUT2D eigenvalue weighted by Gasteiger charge is -2.32. The summed E-state index contributed by atoms with van der Waals surface area (Å²) in [5.74, 6) is -4.82. The number of rotatable bonds is 13. The van der Waals surface area contributed by atoms with Crippen molar-refractivity contribution in [1.29, 1.82) is 0 Å². The molecule has 9 aromatic rings. The molecular formula is C61H52O14. The Labute approximate surface area is 430 Å². The van der Waals surface area contributed by atoms with Crippen molar-refractivity contribution >= 4 is 10.8 Å². The van der Waals surface area contributed by atoms with Gasteiger partial charge in [-0.15, -0.1) is 0 Å². The van der Waals surface area contributed by atoms with Crippen molar-refractivity contribution in [2.75, 3.05) is 0 Å². The third kappa shape index (κ3) is 9.88. The molecule has 14 nitrogen and oxygen atoms in total. The van der Waals surface area contributed by atoms with Crippen LogP contribution in [0.25, 0.3) is 10.8 Å². The normalized spacial score (nSPS) is 13.7. The fourth-order valence-electron chi connectivity index (χ4n) is 10.7. The molecule has 12 N–H and O–H groups in total. The quantitative estimate of drug-likeness (QED) is 0.0480. The molecule has 0 bridgehead atoms. The van der Waals surface area contributed by atoms with E-state index >= 15 is 0 Å². The first kappa shape index (κ1) is 49.0. The zero-order chi connectivity index (χ0) is 52.7. The summed E-state index contributed by atoms with van der Waals surface area (Å²) in [6.45, 7) is 0. The average molecular weight is 1010 g/mol. The Morgan fingerprint density at radius 2 is 0.800 bits per heavy atom. The zero-order valence-electron chi connectivity index (χ0n) is 40.0. The van der Waals surface area contributed by atoms with Crippen molar-refractivity contribution in [3.63, 3.8) is 0 Å². The van der Waals surface area contributed by atoms with Gasteiger partial charge >= 0.3 is 0 Å². The summed E-state index contributed by atoms with van der Waals surface area (Å²) < 4.78 is 13.2. The van der Waals surface area contributed by atoms with E-state index in [1.807, 2.05) is 36.4 Å². The molecule has 0 spiro atoms. The first-order valence-corrected chi connectivity index (χ1v) is 24.3. The molecule has 10 rings (SSSR count). The molecule has 2 atom stereocenters.